The summed E-state index contributed by atoms with van der Waals surface area (Å²) in [7, 11) is 1.54. The van der Waals surface area contributed by atoms with Gasteiger partial charge in [0.25, 0.3) is 5.91 Å². The quantitative estimate of drug-likeness (QED) is 0.511. The third-order valence-electron chi connectivity index (χ3n) is 5.25. The van der Waals surface area contributed by atoms with E-state index in [4.69, 9.17) is 28.6 Å². The van der Waals surface area contributed by atoms with Gasteiger partial charge in [-0.2, -0.15) is 0 Å². The highest BCUT2D eigenvalue weighted by Crippen LogP contribution is 2.32. The molecule has 3 rings (SSSR count). The predicted molar refractivity (Wildman–Crippen MR) is 131 cm³/mol. The number of anilines is 2. The molecule has 1 amide bonds. The maximum Gasteiger partial charge on any atom is 0.261 e. The molecule has 1 fully saturated rings. The van der Waals surface area contributed by atoms with Gasteiger partial charge >= 0.3 is 0 Å². The predicted octanol–water partition coefficient (Wildman–Crippen LogP) is 5.78. The molecule has 2 aromatic carbocycles. The summed E-state index contributed by atoms with van der Waals surface area (Å²) in [6, 6.07) is 9.33. The van der Waals surface area contributed by atoms with E-state index in [1.54, 1.807) is 6.07 Å². The summed E-state index contributed by atoms with van der Waals surface area (Å²) in [5.74, 6) is 0.926. The number of methoxy groups -OCH3 is 1. The molecule has 0 bridgehead atoms. The molecule has 5 nitrogen and oxygen atoms in total. The van der Waals surface area contributed by atoms with Crippen LogP contribution < -0.4 is 20.3 Å². The number of carbonyl (C=O) groups is 1. The van der Waals surface area contributed by atoms with E-state index >= 15 is 0 Å². The Bertz CT molecular complexity index is 962. The molecule has 1 aliphatic rings. The van der Waals surface area contributed by atoms with Gasteiger partial charge in [0.2, 0.25) is 0 Å². The van der Waals surface area contributed by atoms with E-state index < -0.39 is 0 Å². The number of hydrogen-bond donors (Lipinski definition) is 2. The van der Waals surface area contributed by atoms with Crippen molar-refractivity contribution in [2.45, 2.75) is 26.7 Å². The van der Waals surface area contributed by atoms with Crippen LogP contribution >= 0.6 is 39.7 Å². The fraction of sp³-hybridized carbons (Fsp3) is 0.364. The number of carbonyl (C=O) groups excluding carboxylic acids is 1. The number of nitrogens with zero attached hydrogens (tertiary/aromatic N) is 1. The zero-order valence-electron chi connectivity index (χ0n) is 17.2. The van der Waals surface area contributed by atoms with Gasteiger partial charge in [-0.25, -0.2) is 0 Å². The molecule has 2 N–H and O–H groups in total. The summed E-state index contributed by atoms with van der Waals surface area (Å²) < 4.78 is 6.17. The molecule has 160 valence electrons. The molecule has 30 heavy (non-hydrogen) atoms. The molecule has 0 saturated carbocycles. The van der Waals surface area contributed by atoms with Crippen LogP contribution in [-0.2, 0) is 0 Å². The Morgan fingerprint density at radius 1 is 1.27 bits per heavy atom. The van der Waals surface area contributed by atoms with Crippen molar-refractivity contribution in [3.63, 3.8) is 0 Å². The van der Waals surface area contributed by atoms with E-state index in [1.165, 1.54) is 20.0 Å². The monoisotopic (exact) mass is 509 g/mol. The van der Waals surface area contributed by atoms with Crippen LogP contribution in [0.3, 0.4) is 0 Å². The average molecular weight is 511 g/mol. The summed E-state index contributed by atoms with van der Waals surface area (Å²) >= 11 is 15.3. The number of aryl methyl sites for hydroxylation is 1. The SMILES string of the molecule is COc1c(C)cc(Br)cc1C(=O)NC(=S)Nc1ccc(N2CCC(C)CC2)c(Cl)c1. The van der Waals surface area contributed by atoms with Crippen molar-refractivity contribution < 1.29 is 9.53 Å². The van der Waals surface area contributed by atoms with Crippen LogP contribution in [0.5, 0.6) is 5.75 Å². The Kier molecular flexibility index (Phi) is 7.60. The van der Waals surface area contributed by atoms with Crippen molar-refractivity contribution in [1.29, 1.82) is 0 Å². The van der Waals surface area contributed by atoms with Crippen LogP contribution in [0, 0.1) is 12.8 Å². The maximum atomic E-state index is 12.7. The summed E-state index contributed by atoms with van der Waals surface area (Å²) in [5, 5.41) is 6.58. The number of halogens is 2. The second-order valence-electron chi connectivity index (χ2n) is 7.55. The third kappa shape index (κ3) is 5.45. The van der Waals surface area contributed by atoms with Crippen LogP contribution in [0.4, 0.5) is 11.4 Å². The molecule has 0 radical (unpaired) electrons. The smallest absolute Gasteiger partial charge is 0.261 e. The number of hydrogen-bond acceptors (Lipinski definition) is 4. The van der Waals surface area contributed by atoms with E-state index in [0.29, 0.717) is 16.3 Å². The molecular weight excluding hydrogens is 486 g/mol. The third-order valence-corrected chi connectivity index (χ3v) is 6.21. The van der Waals surface area contributed by atoms with Gasteiger partial charge in [0.05, 0.1) is 23.4 Å². The zero-order chi connectivity index (χ0) is 21.8. The van der Waals surface area contributed by atoms with Crippen molar-refractivity contribution in [3.05, 3.63) is 51.0 Å². The van der Waals surface area contributed by atoms with Gasteiger partial charge in [0.1, 0.15) is 5.75 Å². The van der Waals surface area contributed by atoms with E-state index in [9.17, 15) is 4.79 Å². The highest BCUT2D eigenvalue weighted by molar-refractivity contribution is 9.10. The van der Waals surface area contributed by atoms with Crippen molar-refractivity contribution in [2.75, 3.05) is 30.4 Å². The highest BCUT2D eigenvalue weighted by atomic mass is 79.9. The fourth-order valence-electron chi connectivity index (χ4n) is 3.59. The Morgan fingerprint density at radius 3 is 2.60 bits per heavy atom. The second-order valence-corrected chi connectivity index (χ2v) is 9.28. The lowest BCUT2D eigenvalue weighted by atomic mass is 9.99. The fourth-order valence-corrected chi connectivity index (χ4v) is 4.68. The molecule has 0 aromatic heterocycles. The van der Waals surface area contributed by atoms with Crippen LogP contribution in [0.1, 0.15) is 35.7 Å². The largest absolute Gasteiger partial charge is 0.496 e. The van der Waals surface area contributed by atoms with Gasteiger partial charge in [-0.15, -0.1) is 0 Å². The Hall–Kier alpha value is -1.83. The van der Waals surface area contributed by atoms with Gasteiger partial charge in [-0.3, -0.25) is 10.1 Å². The van der Waals surface area contributed by atoms with Crippen LogP contribution in [-0.4, -0.2) is 31.2 Å². The molecule has 1 aliphatic heterocycles. The van der Waals surface area contributed by atoms with Gasteiger partial charge in [0.15, 0.2) is 5.11 Å². The Morgan fingerprint density at radius 2 is 1.97 bits per heavy atom. The summed E-state index contributed by atoms with van der Waals surface area (Å²) in [4.78, 5) is 15.0. The van der Waals surface area contributed by atoms with Crippen LogP contribution in [0.25, 0.3) is 0 Å². The van der Waals surface area contributed by atoms with E-state index in [0.717, 1.165) is 40.4 Å². The number of piperidine rings is 1. The van der Waals surface area contributed by atoms with Crippen LogP contribution in [0.2, 0.25) is 5.02 Å². The minimum Gasteiger partial charge on any atom is -0.496 e. The topological polar surface area (TPSA) is 53.6 Å². The summed E-state index contributed by atoms with van der Waals surface area (Å²) in [5.41, 5.74) is 3.00. The molecule has 1 saturated heterocycles. The van der Waals surface area contributed by atoms with Gasteiger partial charge in [0, 0.05) is 23.2 Å². The van der Waals surface area contributed by atoms with Crippen molar-refractivity contribution in [2.24, 2.45) is 5.92 Å². The number of thiocarbonyl (C=S) groups is 1. The van der Waals surface area contributed by atoms with E-state index in [1.807, 2.05) is 31.2 Å². The zero-order valence-corrected chi connectivity index (χ0v) is 20.4. The lowest BCUT2D eigenvalue weighted by molar-refractivity contribution is 0.0974. The molecule has 8 heteroatoms. The van der Waals surface area contributed by atoms with Crippen molar-refractivity contribution in [1.82, 2.24) is 5.32 Å². The molecule has 0 unspecified atom stereocenters. The number of ether oxygens (including phenoxy) is 1. The summed E-state index contributed by atoms with van der Waals surface area (Å²) in [6.07, 6.45) is 2.34. The van der Waals surface area contributed by atoms with Gasteiger partial charge in [-0.1, -0.05) is 34.5 Å². The molecule has 0 aliphatic carbocycles. The normalized spacial score (nSPS) is 14.4. The molecule has 0 atom stereocenters. The standard InChI is InChI=1S/C22H25BrClN3O2S/c1-13-6-8-27(9-7-13)19-5-4-16(12-18(19)24)25-22(30)26-21(28)17-11-15(23)10-14(2)20(17)29-3/h4-5,10-13H,6-9H2,1-3H3,(H2,25,26,28,30). The number of amides is 1. The van der Waals surface area contributed by atoms with Crippen molar-refractivity contribution >= 4 is 62.1 Å². The second kappa shape index (κ2) is 9.98. The maximum absolute atomic E-state index is 12.7. The molecule has 2 aromatic rings. The van der Waals surface area contributed by atoms with Crippen LogP contribution in [0.15, 0.2) is 34.8 Å². The minimum absolute atomic E-state index is 0.190. The van der Waals surface area contributed by atoms with Gasteiger partial charge in [-0.05, 0) is 73.8 Å². The lowest BCUT2D eigenvalue weighted by Gasteiger charge is -2.32. The van der Waals surface area contributed by atoms with Crippen molar-refractivity contribution in [3.8, 4) is 5.75 Å². The summed E-state index contributed by atoms with van der Waals surface area (Å²) in [6.45, 7) is 6.18. The molecule has 0 spiro atoms. The first-order valence-electron chi connectivity index (χ1n) is 9.79. The first-order chi connectivity index (χ1) is 14.3. The highest BCUT2D eigenvalue weighted by Gasteiger charge is 2.19. The van der Waals surface area contributed by atoms with Gasteiger partial charge < -0.3 is 15.0 Å². The number of benzene rings is 2. The first-order valence-corrected chi connectivity index (χ1v) is 11.4. The molecule has 1 heterocycles. The number of rotatable bonds is 4. The van der Waals surface area contributed by atoms with E-state index in [2.05, 4.69) is 38.4 Å². The molecular formula is C22H25BrClN3O2S. The van der Waals surface area contributed by atoms with E-state index in [-0.39, 0.29) is 11.0 Å². The Labute approximate surface area is 196 Å². The average Bonchev–Trinajstić information content (AvgIpc) is 2.68. The first kappa shape index (κ1) is 22.8. The minimum atomic E-state index is -0.348. The Balaban J connectivity index is 1.67. The number of nitrogens with one attached hydrogen (secondary N) is 2. The lowest BCUT2D eigenvalue weighted by Crippen LogP contribution is -2.34.